The third-order valence-electron chi connectivity index (χ3n) is 2.21. The number of aliphatic carboxylic acids is 1. The van der Waals surface area contributed by atoms with Crippen molar-refractivity contribution in [3.05, 3.63) is 46.0 Å². The van der Waals surface area contributed by atoms with E-state index >= 15 is 0 Å². The first-order valence-electron chi connectivity index (χ1n) is 6.13. The zero-order chi connectivity index (χ0) is 14.8. The molecule has 0 aliphatic rings. The van der Waals surface area contributed by atoms with E-state index in [1.807, 2.05) is 45.0 Å². The molecule has 3 nitrogen and oxygen atoms in total. The smallest absolute Gasteiger partial charge is 0.344 e. The minimum atomic E-state index is -0.934. The van der Waals surface area contributed by atoms with Crippen LogP contribution in [0.4, 0.5) is 0 Å². The van der Waals surface area contributed by atoms with E-state index in [9.17, 15) is 4.79 Å². The first kappa shape index (κ1) is 17.4. The van der Waals surface area contributed by atoms with Gasteiger partial charge in [-0.1, -0.05) is 43.7 Å². The van der Waals surface area contributed by atoms with Gasteiger partial charge in [-0.2, -0.15) is 0 Å². The molecule has 19 heavy (non-hydrogen) atoms. The van der Waals surface area contributed by atoms with Crippen LogP contribution in [0.1, 0.15) is 31.9 Å². The monoisotopic (exact) mass is 279 g/mol. The number of nitrogens with zero attached hydrogens (tertiary/aromatic N) is 1. The molecule has 0 spiro atoms. The van der Waals surface area contributed by atoms with Crippen molar-refractivity contribution in [1.82, 2.24) is 0 Å². The first-order chi connectivity index (χ1) is 9.04. The number of carbonyl (C=O) groups is 1. The van der Waals surface area contributed by atoms with E-state index in [0.717, 1.165) is 5.56 Å². The molecule has 0 saturated carbocycles. The maximum absolute atomic E-state index is 10.9. The van der Waals surface area contributed by atoms with Gasteiger partial charge in [0.05, 0.1) is 5.70 Å². The molecule has 0 atom stereocenters. The van der Waals surface area contributed by atoms with Gasteiger partial charge < -0.3 is 5.11 Å². The maximum atomic E-state index is 10.9. The summed E-state index contributed by atoms with van der Waals surface area (Å²) in [5.41, 5.74) is 2.66. The molecule has 0 aliphatic heterocycles. The van der Waals surface area contributed by atoms with Gasteiger partial charge in [-0.15, -0.1) is 11.8 Å². The molecule has 0 heterocycles. The number of aliphatic imine (C=N–C) groups is 1. The van der Waals surface area contributed by atoms with Crippen molar-refractivity contribution in [3.8, 4) is 0 Å². The van der Waals surface area contributed by atoms with Crippen molar-refractivity contribution < 1.29 is 9.90 Å². The molecule has 1 N–H and O–H groups in total. The molecule has 1 aromatic rings. The van der Waals surface area contributed by atoms with E-state index in [1.54, 1.807) is 19.4 Å². The molecule has 0 aromatic heterocycles. The van der Waals surface area contributed by atoms with E-state index in [4.69, 9.17) is 5.11 Å². The molecule has 0 bridgehead atoms. The number of carboxylic acid groups (broad SMARTS) is 1. The number of benzene rings is 1. The number of thioether (sulfide) groups is 1. The van der Waals surface area contributed by atoms with E-state index < -0.39 is 5.97 Å². The fourth-order valence-corrected chi connectivity index (χ4v) is 1.80. The molecule has 0 saturated heterocycles. The van der Waals surface area contributed by atoms with Gasteiger partial charge in [-0.25, -0.2) is 4.79 Å². The summed E-state index contributed by atoms with van der Waals surface area (Å²) in [5, 5.41) is 8.92. The molecule has 0 amide bonds. The molecular weight excluding hydrogens is 258 g/mol. The zero-order valence-corrected chi connectivity index (χ0v) is 12.9. The van der Waals surface area contributed by atoms with E-state index in [-0.39, 0.29) is 4.91 Å². The lowest BCUT2D eigenvalue weighted by Crippen LogP contribution is -1.98. The summed E-state index contributed by atoms with van der Waals surface area (Å²) in [6, 6.07) is 7.89. The summed E-state index contributed by atoms with van der Waals surface area (Å²) >= 11 is 1.19. The fraction of sp³-hybridized carbons (Fsp3) is 0.333. The Kier molecular flexibility index (Phi) is 8.62. The number of rotatable bonds is 4. The zero-order valence-electron chi connectivity index (χ0n) is 12.1. The van der Waals surface area contributed by atoms with Crippen LogP contribution in [0.3, 0.4) is 0 Å². The van der Waals surface area contributed by atoms with Crippen molar-refractivity contribution in [2.75, 3.05) is 6.26 Å². The summed E-state index contributed by atoms with van der Waals surface area (Å²) in [7, 11) is 0. The van der Waals surface area contributed by atoms with E-state index in [0.29, 0.717) is 5.70 Å². The largest absolute Gasteiger partial charge is 0.477 e. The second kappa shape index (κ2) is 9.39. The number of aryl methyl sites for hydroxylation is 1. The highest BCUT2D eigenvalue weighted by Crippen LogP contribution is 2.17. The highest BCUT2D eigenvalue weighted by Gasteiger charge is 2.08. The summed E-state index contributed by atoms with van der Waals surface area (Å²) in [4.78, 5) is 15.3. The van der Waals surface area contributed by atoms with Crippen molar-refractivity contribution in [1.29, 1.82) is 0 Å². The topological polar surface area (TPSA) is 49.7 Å². The van der Waals surface area contributed by atoms with Crippen molar-refractivity contribution >= 4 is 23.9 Å². The Hall–Kier alpha value is -1.55. The fourth-order valence-electron chi connectivity index (χ4n) is 1.27. The highest BCUT2D eigenvalue weighted by atomic mass is 32.2. The predicted octanol–water partition coefficient (Wildman–Crippen LogP) is 4.12. The Labute approximate surface area is 119 Å². The Morgan fingerprint density at radius 3 is 2.21 bits per heavy atom. The van der Waals surface area contributed by atoms with Crippen molar-refractivity contribution in [3.63, 3.8) is 0 Å². The van der Waals surface area contributed by atoms with Gasteiger partial charge in [0.1, 0.15) is 4.91 Å². The van der Waals surface area contributed by atoms with Crippen LogP contribution < -0.4 is 0 Å². The van der Waals surface area contributed by atoms with E-state index in [2.05, 4.69) is 4.99 Å². The summed E-state index contributed by atoms with van der Waals surface area (Å²) < 4.78 is 0. The van der Waals surface area contributed by atoms with Crippen LogP contribution in [0.2, 0.25) is 0 Å². The molecule has 0 fully saturated rings. The van der Waals surface area contributed by atoms with Gasteiger partial charge in [0.25, 0.3) is 0 Å². The average Bonchev–Trinajstić information content (AvgIpc) is 2.41. The molecule has 1 aromatic carbocycles. The lowest BCUT2D eigenvalue weighted by atomic mass is 10.2. The quantitative estimate of drug-likeness (QED) is 0.666. The minimum Gasteiger partial charge on any atom is -0.477 e. The summed E-state index contributed by atoms with van der Waals surface area (Å²) in [5.74, 6) is -0.934. The maximum Gasteiger partial charge on any atom is 0.344 e. The second-order valence-electron chi connectivity index (χ2n) is 3.59. The van der Waals surface area contributed by atoms with Gasteiger partial charge in [0, 0.05) is 6.21 Å². The normalized spacial score (nSPS) is 11.6. The number of hydrogen-bond donors (Lipinski definition) is 1. The predicted molar refractivity (Wildman–Crippen MR) is 84.0 cm³/mol. The summed E-state index contributed by atoms with van der Waals surface area (Å²) in [6.45, 7) is 7.72. The number of hydrogen-bond acceptors (Lipinski definition) is 3. The van der Waals surface area contributed by atoms with Gasteiger partial charge in [0.15, 0.2) is 0 Å². The van der Waals surface area contributed by atoms with Crippen molar-refractivity contribution in [2.24, 2.45) is 4.99 Å². The van der Waals surface area contributed by atoms with Crippen LogP contribution in [-0.2, 0) is 4.79 Å². The van der Waals surface area contributed by atoms with Gasteiger partial charge >= 0.3 is 5.97 Å². The average molecular weight is 279 g/mol. The highest BCUT2D eigenvalue weighted by molar-refractivity contribution is 8.03. The molecule has 0 unspecified atom stereocenters. The van der Waals surface area contributed by atoms with Crippen LogP contribution in [-0.4, -0.2) is 23.5 Å². The molecule has 1 rings (SSSR count). The van der Waals surface area contributed by atoms with Crippen LogP contribution in [0.25, 0.3) is 0 Å². The molecular formula is C15H21NO2S. The molecule has 4 heteroatoms. The van der Waals surface area contributed by atoms with Crippen LogP contribution in [0.15, 0.2) is 39.9 Å². The van der Waals surface area contributed by atoms with Gasteiger partial charge in [-0.3, -0.25) is 4.99 Å². The Morgan fingerprint density at radius 1 is 1.26 bits per heavy atom. The van der Waals surface area contributed by atoms with Gasteiger partial charge in [0.2, 0.25) is 0 Å². The standard InChI is InChI=1S/C13H15NO2S.C2H6/c1-9-4-6-11(7-5-9)8-14-10(2)12(17-3)13(15)16;1-2/h4-8H,1-3H3,(H,15,16);1-2H3/b12-10-,14-8?;. The Morgan fingerprint density at radius 2 is 1.79 bits per heavy atom. The SMILES string of the molecule is CC.CS/C(C(=O)O)=C(/C)N=Cc1ccc(C)cc1. The molecule has 0 aliphatic carbocycles. The van der Waals surface area contributed by atoms with Crippen LogP contribution >= 0.6 is 11.8 Å². The summed E-state index contributed by atoms with van der Waals surface area (Å²) in [6.07, 6.45) is 3.41. The molecule has 0 radical (unpaired) electrons. The van der Waals surface area contributed by atoms with Gasteiger partial charge in [-0.05, 0) is 25.7 Å². The van der Waals surface area contributed by atoms with E-state index in [1.165, 1.54) is 17.3 Å². The van der Waals surface area contributed by atoms with Crippen molar-refractivity contribution in [2.45, 2.75) is 27.7 Å². The Balaban J connectivity index is 0.00000154. The third-order valence-corrected chi connectivity index (χ3v) is 3.09. The molecule has 104 valence electrons. The first-order valence-corrected chi connectivity index (χ1v) is 7.36. The van der Waals surface area contributed by atoms with Crippen LogP contribution in [0.5, 0.6) is 0 Å². The lowest BCUT2D eigenvalue weighted by Gasteiger charge is -2.00. The Bertz CT molecular complexity index is 462. The third kappa shape index (κ3) is 6.25. The lowest BCUT2D eigenvalue weighted by molar-refractivity contribution is -0.131. The number of carboxylic acids is 1. The minimum absolute atomic E-state index is 0.272. The van der Waals surface area contributed by atoms with Crippen LogP contribution in [0, 0.1) is 6.92 Å². The second-order valence-corrected chi connectivity index (χ2v) is 4.41. The number of allylic oxidation sites excluding steroid dienone is 1.